The molecule has 0 bridgehead atoms. The van der Waals surface area contributed by atoms with E-state index in [4.69, 9.17) is 9.47 Å². The summed E-state index contributed by atoms with van der Waals surface area (Å²) in [6, 6.07) is 7.56. The summed E-state index contributed by atoms with van der Waals surface area (Å²) >= 11 is 0. The minimum Gasteiger partial charge on any atom is -0.493 e. The van der Waals surface area contributed by atoms with Gasteiger partial charge in [-0.1, -0.05) is 12.1 Å². The molecule has 2 heterocycles. The van der Waals surface area contributed by atoms with Crippen LogP contribution in [0.2, 0.25) is 0 Å². The van der Waals surface area contributed by atoms with Crippen LogP contribution in [0, 0.1) is 0 Å². The van der Waals surface area contributed by atoms with Gasteiger partial charge in [-0.2, -0.15) is 0 Å². The van der Waals surface area contributed by atoms with E-state index in [-0.39, 0.29) is 0 Å². The molecule has 21 heavy (non-hydrogen) atoms. The lowest BCUT2D eigenvalue weighted by atomic mass is 9.96. The van der Waals surface area contributed by atoms with E-state index in [2.05, 4.69) is 15.3 Å². The number of nitrogens with zero attached hydrogens (tertiary/aromatic N) is 2. The van der Waals surface area contributed by atoms with Crippen molar-refractivity contribution in [2.24, 2.45) is 0 Å². The molecule has 2 aromatic rings. The highest BCUT2D eigenvalue weighted by atomic mass is 16.5. The molecule has 0 spiro atoms. The fraction of sp³-hybridized carbons (Fsp3) is 0.375. The molecule has 0 aliphatic carbocycles. The van der Waals surface area contributed by atoms with Gasteiger partial charge >= 0.3 is 0 Å². The first-order chi connectivity index (χ1) is 10.4. The Morgan fingerprint density at radius 1 is 1.14 bits per heavy atom. The van der Waals surface area contributed by atoms with Gasteiger partial charge in [0.05, 0.1) is 7.11 Å². The molecule has 1 aliphatic rings. The summed E-state index contributed by atoms with van der Waals surface area (Å²) in [5.41, 5.74) is 0.913. The van der Waals surface area contributed by atoms with Crippen LogP contribution < -0.4 is 14.8 Å². The van der Waals surface area contributed by atoms with E-state index in [0.29, 0.717) is 23.3 Å². The summed E-state index contributed by atoms with van der Waals surface area (Å²) < 4.78 is 11.3. The van der Waals surface area contributed by atoms with Gasteiger partial charge in [0.1, 0.15) is 5.69 Å². The number of hydrogen-bond acceptors (Lipinski definition) is 5. The Hall–Kier alpha value is -2.14. The molecule has 110 valence electrons. The van der Waals surface area contributed by atoms with E-state index in [1.54, 1.807) is 19.5 Å². The molecule has 1 N–H and O–H groups in total. The minimum absolute atomic E-state index is 0.345. The van der Waals surface area contributed by atoms with Crippen molar-refractivity contribution in [2.45, 2.75) is 18.8 Å². The molecule has 0 saturated carbocycles. The Balaban J connectivity index is 1.88. The summed E-state index contributed by atoms with van der Waals surface area (Å²) in [6.45, 7) is 1.99. The average molecular weight is 285 g/mol. The number of methoxy groups -OCH3 is 1. The van der Waals surface area contributed by atoms with Crippen LogP contribution in [0.5, 0.6) is 17.4 Å². The van der Waals surface area contributed by atoms with Crippen LogP contribution in [-0.2, 0) is 0 Å². The van der Waals surface area contributed by atoms with Gasteiger partial charge in [-0.05, 0) is 31.5 Å². The Morgan fingerprint density at radius 2 is 1.95 bits per heavy atom. The highest BCUT2D eigenvalue weighted by Crippen LogP contribution is 2.34. The fourth-order valence-electron chi connectivity index (χ4n) is 2.59. The second kappa shape index (κ2) is 6.54. The predicted molar refractivity (Wildman–Crippen MR) is 79.9 cm³/mol. The number of nitrogens with one attached hydrogen (secondary N) is 1. The average Bonchev–Trinajstić information content (AvgIpc) is 2.57. The largest absolute Gasteiger partial charge is 0.493 e. The molecule has 5 heteroatoms. The highest BCUT2D eigenvalue weighted by Gasteiger charge is 2.22. The van der Waals surface area contributed by atoms with E-state index in [1.807, 2.05) is 24.3 Å². The Bertz CT molecular complexity index is 598. The van der Waals surface area contributed by atoms with Crippen molar-refractivity contribution in [1.82, 2.24) is 15.3 Å². The molecule has 1 aromatic carbocycles. The van der Waals surface area contributed by atoms with Crippen molar-refractivity contribution < 1.29 is 9.47 Å². The Labute approximate surface area is 124 Å². The van der Waals surface area contributed by atoms with Crippen molar-refractivity contribution in [2.75, 3.05) is 20.2 Å². The third kappa shape index (κ3) is 3.13. The maximum absolute atomic E-state index is 5.96. The van der Waals surface area contributed by atoms with Gasteiger partial charge in [0.15, 0.2) is 11.5 Å². The topological polar surface area (TPSA) is 56.3 Å². The predicted octanol–water partition coefficient (Wildman–Crippen LogP) is 2.74. The lowest BCUT2D eigenvalue weighted by Gasteiger charge is -2.23. The Morgan fingerprint density at radius 3 is 2.71 bits per heavy atom. The number of benzene rings is 1. The zero-order valence-corrected chi connectivity index (χ0v) is 12.1. The van der Waals surface area contributed by atoms with Gasteiger partial charge in [0.25, 0.3) is 0 Å². The lowest BCUT2D eigenvalue weighted by Crippen LogP contribution is -2.29. The van der Waals surface area contributed by atoms with E-state index >= 15 is 0 Å². The van der Waals surface area contributed by atoms with Gasteiger partial charge in [0, 0.05) is 24.9 Å². The normalized spacial score (nSPS) is 18.2. The van der Waals surface area contributed by atoms with E-state index in [0.717, 1.165) is 31.6 Å². The number of ether oxygens (including phenoxy) is 2. The Kier molecular flexibility index (Phi) is 4.31. The van der Waals surface area contributed by atoms with Crippen molar-refractivity contribution in [3.63, 3.8) is 0 Å². The van der Waals surface area contributed by atoms with E-state index in [9.17, 15) is 0 Å². The van der Waals surface area contributed by atoms with E-state index < -0.39 is 0 Å². The molecular formula is C16H19N3O2. The van der Waals surface area contributed by atoms with E-state index in [1.165, 1.54) is 0 Å². The van der Waals surface area contributed by atoms with Gasteiger partial charge in [-0.25, -0.2) is 4.98 Å². The second-order valence-electron chi connectivity index (χ2n) is 5.04. The van der Waals surface area contributed by atoms with Gasteiger partial charge in [-0.3, -0.25) is 4.98 Å². The number of piperidine rings is 1. The molecule has 0 radical (unpaired) electrons. The molecule has 3 rings (SSSR count). The first kappa shape index (κ1) is 13.8. The van der Waals surface area contributed by atoms with Crippen LogP contribution in [0.15, 0.2) is 36.7 Å². The molecule has 1 fully saturated rings. The van der Waals surface area contributed by atoms with Crippen LogP contribution in [0.3, 0.4) is 0 Å². The number of aromatic nitrogens is 2. The van der Waals surface area contributed by atoms with Gasteiger partial charge in [-0.15, -0.1) is 0 Å². The third-order valence-corrected chi connectivity index (χ3v) is 3.65. The van der Waals surface area contributed by atoms with Crippen LogP contribution in [-0.4, -0.2) is 30.2 Å². The van der Waals surface area contributed by atoms with Crippen molar-refractivity contribution in [3.05, 3.63) is 42.4 Å². The minimum atomic E-state index is 0.345. The molecule has 1 atom stereocenters. The molecule has 1 unspecified atom stereocenters. The molecular weight excluding hydrogens is 266 g/mol. The first-order valence-corrected chi connectivity index (χ1v) is 7.21. The van der Waals surface area contributed by atoms with Gasteiger partial charge < -0.3 is 14.8 Å². The summed E-state index contributed by atoms with van der Waals surface area (Å²) in [6.07, 6.45) is 5.63. The van der Waals surface area contributed by atoms with Crippen molar-refractivity contribution in [1.29, 1.82) is 0 Å². The quantitative estimate of drug-likeness (QED) is 0.936. The van der Waals surface area contributed by atoms with Crippen LogP contribution in [0.4, 0.5) is 0 Å². The van der Waals surface area contributed by atoms with Crippen molar-refractivity contribution >= 4 is 0 Å². The maximum atomic E-state index is 5.96. The third-order valence-electron chi connectivity index (χ3n) is 3.65. The fourth-order valence-corrected chi connectivity index (χ4v) is 2.59. The summed E-state index contributed by atoms with van der Waals surface area (Å²) in [7, 11) is 1.63. The summed E-state index contributed by atoms with van der Waals surface area (Å²) in [5.74, 6) is 2.26. The van der Waals surface area contributed by atoms with Crippen molar-refractivity contribution in [3.8, 4) is 17.4 Å². The van der Waals surface area contributed by atoms with Crippen LogP contribution in [0.25, 0.3) is 0 Å². The smallest absolute Gasteiger partial charge is 0.241 e. The van der Waals surface area contributed by atoms with Crippen LogP contribution in [0.1, 0.15) is 24.5 Å². The molecule has 0 amide bonds. The second-order valence-corrected chi connectivity index (χ2v) is 5.04. The molecule has 1 aliphatic heterocycles. The number of hydrogen-bond donors (Lipinski definition) is 1. The lowest BCUT2D eigenvalue weighted by molar-refractivity contribution is 0.365. The molecule has 1 aromatic heterocycles. The zero-order chi connectivity index (χ0) is 14.5. The summed E-state index contributed by atoms with van der Waals surface area (Å²) in [4.78, 5) is 8.84. The molecule has 5 nitrogen and oxygen atoms in total. The summed E-state index contributed by atoms with van der Waals surface area (Å²) in [5, 5.41) is 3.40. The monoisotopic (exact) mass is 285 g/mol. The number of para-hydroxylation sites is 2. The standard InChI is InChI=1S/C16H19N3O2/c1-20-13-6-2-3-7-14(13)21-16-15(18-9-10-19-16)12-5-4-8-17-11-12/h2-3,6-7,9-10,12,17H,4-5,8,11H2,1H3. The zero-order valence-electron chi connectivity index (χ0n) is 12.1. The van der Waals surface area contributed by atoms with Gasteiger partial charge in [0.2, 0.25) is 5.88 Å². The number of rotatable bonds is 4. The molecule has 1 saturated heterocycles. The SMILES string of the molecule is COc1ccccc1Oc1nccnc1C1CCCNC1. The van der Waals surface area contributed by atoms with Crippen LogP contribution >= 0.6 is 0 Å². The first-order valence-electron chi connectivity index (χ1n) is 7.21. The maximum Gasteiger partial charge on any atom is 0.241 e. The highest BCUT2D eigenvalue weighted by molar-refractivity contribution is 5.42.